The van der Waals surface area contributed by atoms with Gasteiger partial charge in [0, 0.05) is 44.6 Å². The largest absolute Gasteiger partial charge is 0.356 e. The van der Waals surface area contributed by atoms with Gasteiger partial charge in [0.15, 0.2) is 5.96 Å². The van der Waals surface area contributed by atoms with Crippen LogP contribution in [0.1, 0.15) is 43.0 Å². The molecule has 0 aliphatic carbocycles. The Labute approximate surface area is 162 Å². The van der Waals surface area contributed by atoms with Gasteiger partial charge in [-0.2, -0.15) is 0 Å². The number of nitrogens with one attached hydrogen (secondary N) is 2. The molecule has 6 heteroatoms. The maximum Gasteiger partial charge on any atom is 0.191 e. The second kappa shape index (κ2) is 12.1. The molecule has 2 heterocycles. The van der Waals surface area contributed by atoms with E-state index in [0.29, 0.717) is 0 Å². The number of thiophene rings is 1. The smallest absolute Gasteiger partial charge is 0.191 e. The molecule has 2 N–H and O–H groups in total. The number of unbranched alkanes of at least 4 members (excludes halogenated alkanes) is 3. The van der Waals surface area contributed by atoms with Gasteiger partial charge in [-0.3, -0.25) is 9.89 Å². The molecule has 0 fully saturated rings. The minimum Gasteiger partial charge on any atom is -0.356 e. The molecule has 0 spiro atoms. The first-order valence-corrected chi connectivity index (χ1v) is 9.43. The van der Waals surface area contributed by atoms with Crippen LogP contribution in [-0.4, -0.2) is 44.1 Å². The van der Waals surface area contributed by atoms with Crippen LogP contribution in [-0.2, 0) is 13.0 Å². The Hall–Kier alpha value is -0.340. The first-order valence-electron chi connectivity index (χ1n) is 8.55. The van der Waals surface area contributed by atoms with E-state index in [1.165, 1.54) is 44.2 Å². The molecule has 0 aromatic carbocycles. The zero-order chi connectivity index (χ0) is 15.6. The van der Waals surface area contributed by atoms with Crippen LogP contribution < -0.4 is 10.6 Å². The summed E-state index contributed by atoms with van der Waals surface area (Å²) in [6, 6.07) is 2.27. The summed E-state index contributed by atoms with van der Waals surface area (Å²) in [7, 11) is 1.85. The molecule has 0 atom stereocenters. The van der Waals surface area contributed by atoms with E-state index in [4.69, 9.17) is 0 Å². The zero-order valence-corrected chi connectivity index (χ0v) is 17.6. The molecule has 0 saturated carbocycles. The minimum absolute atomic E-state index is 0. The van der Waals surface area contributed by atoms with Crippen LogP contribution in [0.15, 0.2) is 16.4 Å². The molecule has 1 aromatic heterocycles. The standard InChI is InChI=1S/C17H30N4S.HI/c1-3-4-5-6-9-19-17(18-2)20-10-12-21-11-7-16-15(14-21)8-13-22-16;/h8,13H,3-7,9-12,14H2,1-2H3,(H2,18,19,20);1H. The van der Waals surface area contributed by atoms with Gasteiger partial charge in [0.1, 0.15) is 0 Å². The summed E-state index contributed by atoms with van der Waals surface area (Å²) < 4.78 is 0. The average Bonchev–Trinajstić information content (AvgIpc) is 3.00. The molecule has 1 aromatic rings. The number of fused-ring (bicyclic) bond motifs is 1. The normalized spacial score (nSPS) is 15.0. The van der Waals surface area contributed by atoms with Crippen LogP contribution in [0, 0.1) is 0 Å². The Balaban J connectivity index is 0.00000264. The summed E-state index contributed by atoms with van der Waals surface area (Å²) in [6.45, 7) is 7.57. The number of rotatable bonds is 8. The van der Waals surface area contributed by atoms with E-state index < -0.39 is 0 Å². The summed E-state index contributed by atoms with van der Waals surface area (Å²) >= 11 is 1.90. The summed E-state index contributed by atoms with van der Waals surface area (Å²) in [5.41, 5.74) is 1.52. The quantitative estimate of drug-likeness (QED) is 0.276. The fourth-order valence-electron chi connectivity index (χ4n) is 2.81. The van der Waals surface area contributed by atoms with Crippen molar-refractivity contribution in [2.24, 2.45) is 4.99 Å². The summed E-state index contributed by atoms with van der Waals surface area (Å²) in [5.74, 6) is 0.935. The number of halogens is 1. The van der Waals surface area contributed by atoms with Crippen LogP contribution in [0.2, 0.25) is 0 Å². The molecule has 0 saturated heterocycles. The molecule has 2 rings (SSSR count). The molecule has 132 valence electrons. The number of guanidine groups is 1. The SMILES string of the molecule is CCCCCCNC(=NC)NCCN1CCc2sccc2C1.I. The highest BCUT2D eigenvalue weighted by Gasteiger charge is 2.16. The lowest BCUT2D eigenvalue weighted by Gasteiger charge is -2.27. The molecule has 0 unspecified atom stereocenters. The monoisotopic (exact) mass is 450 g/mol. The lowest BCUT2D eigenvalue weighted by atomic mass is 10.1. The highest BCUT2D eigenvalue weighted by atomic mass is 127. The van der Waals surface area contributed by atoms with Crippen molar-refractivity contribution < 1.29 is 0 Å². The van der Waals surface area contributed by atoms with E-state index in [2.05, 4.69) is 38.9 Å². The molecule has 1 aliphatic rings. The predicted octanol–water partition coefficient (Wildman–Crippen LogP) is 3.47. The van der Waals surface area contributed by atoms with E-state index in [1.807, 2.05) is 18.4 Å². The van der Waals surface area contributed by atoms with Gasteiger partial charge >= 0.3 is 0 Å². The van der Waals surface area contributed by atoms with Gasteiger partial charge in [0.05, 0.1) is 0 Å². The van der Waals surface area contributed by atoms with Gasteiger partial charge < -0.3 is 10.6 Å². The second-order valence-electron chi connectivity index (χ2n) is 5.88. The Morgan fingerprint density at radius 2 is 2.09 bits per heavy atom. The summed E-state index contributed by atoms with van der Waals surface area (Å²) in [4.78, 5) is 8.40. The van der Waals surface area contributed by atoms with Crippen LogP contribution in [0.25, 0.3) is 0 Å². The van der Waals surface area contributed by atoms with Crippen molar-refractivity contribution in [2.75, 3.05) is 33.2 Å². The second-order valence-corrected chi connectivity index (χ2v) is 6.88. The minimum atomic E-state index is 0. The molecular weight excluding hydrogens is 419 g/mol. The van der Waals surface area contributed by atoms with E-state index in [1.54, 1.807) is 4.88 Å². The maximum atomic E-state index is 4.29. The lowest BCUT2D eigenvalue weighted by Crippen LogP contribution is -2.42. The number of aliphatic imine (C=N–C) groups is 1. The van der Waals surface area contributed by atoms with Crippen LogP contribution in [0.4, 0.5) is 0 Å². The number of nitrogens with zero attached hydrogens (tertiary/aromatic N) is 2. The van der Waals surface area contributed by atoms with Crippen molar-refractivity contribution >= 4 is 41.3 Å². The first kappa shape index (κ1) is 20.7. The molecule has 4 nitrogen and oxygen atoms in total. The highest BCUT2D eigenvalue weighted by molar-refractivity contribution is 14.0. The molecule has 1 aliphatic heterocycles. The molecule has 23 heavy (non-hydrogen) atoms. The molecule has 0 amide bonds. The fraction of sp³-hybridized carbons (Fsp3) is 0.706. The molecular formula is C17H31IN4S. The van der Waals surface area contributed by atoms with Crippen molar-refractivity contribution in [3.63, 3.8) is 0 Å². The third-order valence-electron chi connectivity index (χ3n) is 4.15. The average molecular weight is 450 g/mol. The van der Waals surface area contributed by atoms with Crippen molar-refractivity contribution in [3.05, 3.63) is 21.9 Å². The molecule has 0 radical (unpaired) electrons. The van der Waals surface area contributed by atoms with Crippen molar-refractivity contribution in [2.45, 2.75) is 45.6 Å². The van der Waals surface area contributed by atoms with Gasteiger partial charge in [0.25, 0.3) is 0 Å². The summed E-state index contributed by atoms with van der Waals surface area (Å²) in [5, 5.41) is 9.04. The Kier molecular flexibility index (Phi) is 10.9. The van der Waals surface area contributed by atoms with Gasteiger partial charge in [-0.25, -0.2) is 0 Å². The Morgan fingerprint density at radius 3 is 2.87 bits per heavy atom. The van der Waals surface area contributed by atoms with E-state index in [0.717, 1.165) is 32.1 Å². The zero-order valence-electron chi connectivity index (χ0n) is 14.4. The predicted molar refractivity (Wildman–Crippen MR) is 112 cm³/mol. The summed E-state index contributed by atoms with van der Waals surface area (Å²) in [6.07, 6.45) is 6.35. The fourth-order valence-corrected chi connectivity index (χ4v) is 3.70. The van der Waals surface area contributed by atoms with Crippen LogP contribution >= 0.6 is 35.3 Å². The number of hydrogen-bond acceptors (Lipinski definition) is 3. The lowest BCUT2D eigenvalue weighted by molar-refractivity contribution is 0.260. The number of hydrogen-bond donors (Lipinski definition) is 2. The van der Waals surface area contributed by atoms with Gasteiger partial charge in [-0.05, 0) is 29.9 Å². The third-order valence-corrected chi connectivity index (χ3v) is 5.18. The highest BCUT2D eigenvalue weighted by Crippen LogP contribution is 2.23. The van der Waals surface area contributed by atoms with Gasteiger partial charge in [0.2, 0.25) is 0 Å². The Morgan fingerprint density at radius 1 is 1.26 bits per heavy atom. The Bertz CT molecular complexity index is 461. The van der Waals surface area contributed by atoms with Crippen molar-refractivity contribution in [1.29, 1.82) is 0 Å². The van der Waals surface area contributed by atoms with Gasteiger partial charge in [-0.15, -0.1) is 35.3 Å². The van der Waals surface area contributed by atoms with Crippen molar-refractivity contribution in [3.8, 4) is 0 Å². The maximum absolute atomic E-state index is 4.29. The van der Waals surface area contributed by atoms with Crippen molar-refractivity contribution in [1.82, 2.24) is 15.5 Å². The molecule has 0 bridgehead atoms. The van der Waals surface area contributed by atoms with Crippen LogP contribution in [0.5, 0.6) is 0 Å². The van der Waals surface area contributed by atoms with E-state index in [-0.39, 0.29) is 24.0 Å². The van der Waals surface area contributed by atoms with E-state index >= 15 is 0 Å². The van der Waals surface area contributed by atoms with Gasteiger partial charge in [-0.1, -0.05) is 26.2 Å². The first-order chi connectivity index (χ1) is 10.8. The van der Waals surface area contributed by atoms with Crippen LogP contribution in [0.3, 0.4) is 0 Å². The van der Waals surface area contributed by atoms with E-state index in [9.17, 15) is 0 Å². The topological polar surface area (TPSA) is 39.7 Å². The third kappa shape index (κ3) is 7.39.